The van der Waals surface area contributed by atoms with Crippen molar-refractivity contribution in [2.75, 3.05) is 17.9 Å². The van der Waals surface area contributed by atoms with Crippen LogP contribution in [0.2, 0.25) is 0 Å². The van der Waals surface area contributed by atoms with Crippen LogP contribution in [0, 0.1) is 19.3 Å². The van der Waals surface area contributed by atoms with Crippen LogP contribution in [0.5, 0.6) is 11.6 Å². The molecular weight excluding hydrogens is 649 g/mol. The summed E-state index contributed by atoms with van der Waals surface area (Å²) in [6.45, 7) is 5.23. The quantitative estimate of drug-likeness (QED) is 0.253. The van der Waals surface area contributed by atoms with Crippen molar-refractivity contribution in [3.63, 3.8) is 0 Å². The molecule has 1 aliphatic carbocycles. The summed E-state index contributed by atoms with van der Waals surface area (Å²) in [5, 5.41) is 0. The average Bonchev–Trinajstić information content (AvgIpc) is 3.83. The number of aromatic nitrogens is 4. The second kappa shape index (κ2) is 12.7. The van der Waals surface area contributed by atoms with Crippen LogP contribution in [-0.4, -0.2) is 64.6 Å². The number of hydrogen-bond donors (Lipinski definition) is 1. The fraction of sp³-hybridized carbons (Fsp3) is 0.364. The molecule has 48 heavy (non-hydrogen) atoms. The molecule has 1 N–H and O–H groups in total. The molecule has 11 nitrogen and oxygen atoms in total. The number of fused-ring (bicyclic) bond motifs is 4. The van der Waals surface area contributed by atoms with Crippen molar-refractivity contribution in [1.82, 2.24) is 24.8 Å². The summed E-state index contributed by atoms with van der Waals surface area (Å²) in [6, 6.07) is 11.2. The van der Waals surface area contributed by atoms with E-state index in [1.165, 1.54) is 47.6 Å². The molecule has 4 aromatic rings. The summed E-state index contributed by atoms with van der Waals surface area (Å²) < 4.78 is 84.2. The standard InChI is InChI=1S/C33H33F3N6O5S/c1-4-46-24-16-37-27(38-17-24)18-42-23(15-32(11-12-32)33(34,35)36)19-47-28-14-26(29-20(2)7-5-8-21(29)3)39-31(40-28)41-48(44,45)25-10-6-9-22(13-25)30(42)43/h5-10,13-14,16-17,23H,4,11-12,15,18-19H2,1-3H3,(H,39,40,41)/t23-/m1/s1. The average molecular weight is 683 g/mol. The number of hydrogen-bond acceptors (Lipinski definition) is 9. The number of benzene rings is 2. The van der Waals surface area contributed by atoms with Gasteiger partial charge in [0.15, 0.2) is 5.75 Å². The Bertz CT molecular complexity index is 1930. The fourth-order valence-corrected chi connectivity index (χ4v) is 6.85. The minimum Gasteiger partial charge on any atom is -0.491 e. The molecule has 252 valence electrons. The first-order valence-electron chi connectivity index (χ1n) is 15.3. The van der Waals surface area contributed by atoms with E-state index in [1.807, 2.05) is 32.0 Å². The molecule has 0 radical (unpaired) electrons. The lowest BCUT2D eigenvalue weighted by atomic mass is 9.94. The van der Waals surface area contributed by atoms with Gasteiger partial charge in [-0.1, -0.05) is 24.3 Å². The van der Waals surface area contributed by atoms with E-state index in [0.717, 1.165) is 11.1 Å². The van der Waals surface area contributed by atoms with Crippen molar-refractivity contribution in [3.05, 3.63) is 83.4 Å². The number of amides is 1. The van der Waals surface area contributed by atoms with Gasteiger partial charge in [-0.3, -0.25) is 4.79 Å². The van der Waals surface area contributed by atoms with Crippen LogP contribution in [-0.2, 0) is 16.6 Å². The molecule has 1 fully saturated rings. The first-order chi connectivity index (χ1) is 22.8. The number of anilines is 1. The van der Waals surface area contributed by atoms with Gasteiger partial charge in [0, 0.05) is 17.2 Å². The summed E-state index contributed by atoms with van der Waals surface area (Å²) in [5.74, 6) is -0.574. The second-order valence-corrected chi connectivity index (χ2v) is 13.6. The van der Waals surface area contributed by atoms with E-state index >= 15 is 0 Å². The molecule has 6 rings (SSSR count). The van der Waals surface area contributed by atoms with Gasteiger partial charge in [-0.25, -0.2) is 28.1 Å². The molecule has 3 heterocycles. The van der Waals surface area contributed by atoms with E-state index < -0.39 is 46.6 Å². The van der Waals surface area contributed by atoms with Gasteiger partial charge in [-0.2, -0.15) is 18.2 Å². The molecule has 0 saturated heterocycles. The number of aryl methyl sites for hydroxylation is 2. The van der Waals surface area contributed by atoms with E-state index in [0.29, 0.717) is 23.6 Å². The molecule has 0 spiro atoms. The zero-order valence-electron chi connectivity index (χ0n) is 26.4. The van der Waals surface area contributed by atoms with Gasteiger partial charge in [0.05, 0.1) is 47.6 Å². The molecule has 2 aromatic carbocycles. The Balaban J connectivity index is 1.49. The smallest absolute Gasteiger partial charge is 0.394 e. The minimum absolute atomic E-state index is 0.0613. The third-order valence-corrected chi connectivity index (χ3v) is 9.89. The number of nitrogens with one attached hydrogen (secondary N) is 1. The van der Waals surface area contributed by atoms with Crippen molar-refractivity contribution in [2.45, 2.75) is 63.7 Å². The van der Waals surface area contributed by atoms with Crippen LogP contribution in [0.3, 0.4) is 0 Å². The molecule has 4 bridgehead atoms. The highest BCUT2D eigenvalue weighted by Gasteiger charge is 2.64. The van der Waals surface area contributed by atoms with E-state index in [4.69, 9.17) is 9.47 Å². The van der Waals surface area contributed by atoms with Crippen molar-refractivity contribution in [3.8, 4) is 22.9 Å². The second-order valence-electron chi connectivity index (χ2n) is 12.0. The maximum atomic E-state index is 14.4. The van der Waals surface area contributed by atoms with E-state index in [1.54, 1.807) is 6.92 Å². The van der Waals surface area contributed by atoms with Gasteiger partial charge in [-0.05, 0) is 69.4 Å². The van der Waals surface area contributed by atoms with Gasteiger partial charge in [-0.15, -0.1) is 0 Å². The van der Waals surface area contributed by atoms with Gasteiger partial charge < -0.3 is 14.4 Å². The molecule has 1 atom stereocenters. The van der Waals surface area contributed by atoms with Crippen LogP contribution >= 0.6 is 0 Å². The highest BCUT2D eigenvalue weighted by Crippen LogP contribution is 2.61. The number of ether oxygens (including phenoxy) is 2. The topological polar surface area (TPSA) is 136 Å². The SMILES string of the molecule is CCOc1cnc(CN2C(=O)c3cccc(c3)S(=O)(=O)Nc3nc(cc(-c4c(C)cccc4C)n3)OC[C@H]2CC2(C(F)(F)F)CC2)nc1. The number of carbonyl (C=O) groups is 1. The molecular formula is C33H33F3N6O5S. The normalized spacial score (nSPS) is 18.4. The van der Waals surface area contributed by atoms with Gasteiger partial charge in [0.1, 0.15) is 12.4 Å². The summed E-state index contributed by atoms with van der Waals surface area (Å²) in [4.78, 5) is 32.5. The Morgan fingerprint density at radius 1 is 1.04 bits per heavy atom. The number of carbonyl (C=O) groups excluding carboxylic acids is 1. The Hall–Kier alpha value is -4.79. The van der Waals surface area contributed by atoms with Gasteiger partial charge in [0.25, 0.3) is 15.9 Å². The predicted molar refractivity (Wildman–Crippen MR) is 169 cm³/mol. The summed E-state index contributed by atoms with van der Waals surface area (Å²) in [6.07, 6.45) is -2.35. The predicted octanol–water partition coefficient (Wildman–Crippen LogP) is 5.89. The zero-order chi connectivity index (χ0) is 34.3. The third kappa shape index (κ3) is 6.77. The highest BCUT2D eigenvalue weighted by molar-refractivity contribution is 7.92. The highest BCUT2D eigenvalue weighted by atomic mass is 32.2. The summed E-state index contributed by atoms with van der Waals surface area (Å²) >= 11 is 0. The van der Waals surface area contributed by atoms with Crippen molar-refractivity contribution < 1.29 is 35.9 Å². The lowest BCUT2D eigenvalue weighted by Crippen LogP contribution is -2.46. The number of sulfonamides is 1. The van der Waals surface area contributed by atoms with Crippen LogP contribution in [0.25, 0.3) is 11.3 Å². The fourth-order valence-electron chi connectivity index (χ4n) is 5.86. The van der Waals surface area contributed by atoms with E-state index in [9.17, 15) is 26.4 Å². The number of rotatable bonds is 7. The Kier molecular flexibility index (Phi) is 8.75. The molecule has 15 heteroatoms. The van der Waals surface area contributed by atoms with Gasteiger partial charge in [0.2, 0.25) is 11.8 Å². The van der Waals surface area contributed by atoms with Crippen LogP contribution in [0.1, 0.15) is 53.5 Å². The van der Waals surface area contributed by atoms with Crippen molar-refractivity contribution in [2.24, 2.45) is 5.41 Å². The minimum atomic E-state index is -4.52. The van der Waals surface area contributed by atoms with Crippen LogP contribution in [0.15, 0.2) is 65.8 Å². The first kappa shape index (κ1) is 33.1. The number of nitrogens with zero attached hydrogens (tertiary/aromatic N) is 5. The van der Waals surface area contributed by atoms with E-state index in [-0.39, 0.29) is 47.5 Å². The first-order valence-corrected chi connectivity index (χ1v) is 16.8. The lowest BCUT2D eigenvalue weighted by Gasteiger charge is -2.34. The largest absolute Gasteiger partial charge is 0.491 e. The van der Waals surface area contributed by atoms with Crippen molar-refractivity contribution in [1.29, 1.82) is 0 Å². The van der Waals surface area contributed by atoms with Crippen LogP contribution < -0.4 is 14.2 Å². The lowest BCUT2D eigenvalue weighted by molar-refractivity contribution is -0.192. The summed E-state index contributed by atoms with van der Waals surface area (Å²) in [7, 11) is -4.33. The molecule has 2 aromatic heterocycles. The molecule has 1 saturated carbocycles. The molecule has 0 unspecified atom stereocenters. The van der Waals surface area contributed by atoms with E-state index in [2.05, 4.69) is 24.7 Å². The molecule has 1 amide bonds. The zero-order valence-corrected chi connectivity index (χ0v) is 27.2. The molecule has 1 aliphatic heterocycles. The van der Waals surface area contributed by atoms with Crippen molar-refractivity contribution >= 4 is 21.9 Å². The van der Waals surface area contributed by atoms with Gasteiger partial charge >= 0.3 is 6.18 Å². The molecule has 2 aliphatic rings. The number of halogens is 3. The monoisotopic (exact) mass is 682 g/mol. The Morgan fingerprint density at radius 2 is 1.73 bits per heavy atom. The third-order valence-electron chi connectivity index (χ3n) is 8.57. The summed E-state index contributed by atoms with van der Waals surface area (Å²) in [5.41, 5.74) is 0.688. The maximum Gasteiger partial charge on any atom is 0.394 e. The number of alkyl halides is 3. The Morgan fingerprint density at radius 3 is 2.38 bits per heavy atom. The maximum absolute atomic E-state index is 14.4. The Labute approximate surface area is 275 Å². The van der Waals surface area contributed by atoms with Crippen LogP contribution in [0.4, 0.5) is 19.1 Å².